The maximum absolute atomic E-state index is 12.9. The number of carbonyl (C=O) groups is 1. The summed E-state index contributed by atoms with van der Waals surface area (Å²) in [5.41, 5.74) is 1.34. The highest BCUT2D eigenvalue weighted by Gasteiger charge is 2.25. The van der Waals surface area contributed by atoms with Crippen molar-refractivity contribution in [2.75, 3.05) is 11.4 Å². The van der Waals surface area contributed by atoms with E-state index in [1.165, 1.54) is 24.3 Å². The van der Waals surface area contributed by atoms with Crippen molar-refractivity contribution in [2.24, 2.45) is 0 Å². The van der Waals surface area contributed by atoms with E-state index < -0.39 is 6.61 Å². The molecule has 0 bridgehead atoms. The number of rotatable bonds is 3. The molecule has 0 saturated heterocycles. The molecular weight excluding hydrogens is 332 g/mol. The maximum atomic E-state index is 12.9. The van der Waals surface area contributed by atoms with E-state index in [-0.39, 0.29) is 11.7 Å². The van der Waals surface area contributed by atoms with Crippen molar-refractivity contribution in [1.29, 1.82) is 0 Å². The highest BCUT2D eigenvalue weighted by atomic mass is 32.2. The quantitative estimate of drug-likeness (QED) is 0.796. The number of benzene rings is 2. The molecule has 1 atom stereocenters. The summed E-state index contributed by atoms with van der Waals surface area (Å²) >= 11 is 1.76. The van der Waals surface area contributed by atoms with Crippen LogP contribution in [0.15, 0.2) is 53.4 Å². The zero-order valence-electron chi connectivity index (χ0n) is 13.1. The fourth-order valence-corrected chi connectivity index (χ4v) is 3.75. The molecule has 1 aliphatic heterocycles. The van der Waals surface area contributed by atoms with Crippen LogP contribution in [0.1, 0.15) is 23.7 Å². The molecule has 0 N–H and O–H groups in total. The zero-order valence-corrected chi connectivity index (χ0v) is 13.9. The molecule has 0 saturated carbocycles. The van der Waals surface area contributed by atoms with E-state index in [2.05, 4.69) is 11.7 Å². The van der Waals surface area contributed by atoms with Crippen LogP contribution < -0.4 is 9.64 Å². The molecule has 3 nitrogen and oxygen atoms in total. The molecule has 2 aromatic carbocycles. The summed E-state index contributed by atoms with van der Waals surface area (Å²) in [6.45, 7) is -0.104. The number of halogens is 2. The van der Waals surface area contributed by atoms with Gasteiger partial charge in [0.15, 0.2) is 0 Å². The monoisotopic (exact) mass is 349 g/mol. The number of alkyl halides is 2. The van der Waals surface area contributed by atoms with E-state index in [1.807, 2.05) is 24.3 Å². The van der Waals surface area contributed by atoms with E-state index in [1.54, 1.807) is 16.7 Å². The summed E-state index contributed by atoms with van der Waals surface area (Å²) < 4.78 is 28.8. The second kappa shape index (κ2) is 7.21. The SMILES string of the molecule is C[C@H]1CCN(C(=O)c2ccc(OC(F)F)cc2)c2ccccc2S1. The van der Waals surface area contributed by atoms with Crippen molar-refractivity contribution < 1.29 is 18.3 Å². The van der Waals surface area contributed by atoms with Crippen LogP contribution in [0.4, 0.5) is 14.5 Å². The molecule has 0 aliphatic carbocycles. The van der Waals surface area contributed by atoms with E-state index in [4.69, 9.17) is 0 Å². The van der Waals surface area contributed by atoms with Gasteiger partial charge in [-0.05, 0) is 42.8 Å². The Hall–Kier alpha value is -2.08. The molecule has 0 unspecified atom stereocenters. The topological polar surface area (TPSA) is 29.5 Å². The van der Waals surface area contributed by atoms with Crippen LogP contribution in [-0.2, 0) is 0 Å². The highest BCUT2D eigenvalue weighted by Crippen LogP contribution is 2.37. The lowest BCUT2D eigenvalue weighted by Gasteiger charge is -2.22. The van der Waals surface area contributed by atoms with Crippen LogP contribution in [0, 0.1) is 0 Å². The largest absolute Gasteiger partial charge is 0.435 e. The third-order valence-electron chi connectivity index (χ3n) is 3.82. The van der Waals surface area contributed by atoms with E-state index in [0.29, 0.717) is 17.4 Å². The molecule has 0 fully saturated rings. The molecule has 2 aromatic rings. The van der Waals surface area contributed by atoms with Gasteiger partial charge < -0.3 is 9.64 Å². The first-order valence-corrected chi connectivity index (χ1v) is 8.55. The number of ether oxygens (including phenoxy) is 1. The molecule has 126 valence electrons. The first-order chi connectivity index (χ1) is 11.5. The molecule has 1 amide bonds. The third kappa shape index (κ3) is 3.70. The van der Waals surface area contributed by atoms with Crippen molar-refractivity contribution in [3.05, 3.63) is 54.1 Å². The summed E-state index contributed by atoms with van der Waals surface area (Å²) in [7, 11) is 0. The number of hydrogen-bond acceptors (Lipinski definition) is 3. The minimum atomic E-state index is -2.87. The van der Waals surface area contributed by atoms with Crippen LogP contribution in [0.25, 0.3) is 0 Å². The summed E-state index contributed by atoms with van der Waals surface area (Å²) in [6, 6.07) is 13.6. The lowest BCUT2D eigenvalue weighted by molar-refractivity contribution is -0.0498. The molecule has 3 rings (SSSR count). The predicted molar refractivity (Wildman–Crippen MR) is 91.1 cm³/mol. The van der Waals surface area contributed by atoms with Crippen LogP contribution in [0.3, 0.4) is 0 Å². The van der Waals surface area contributed by atoms with Gasteiger partial charge >= 0.3 is 6.61 Å². The summed E-state index contributed by atoms with van der Waals surface area (Å²) in [4.78, 5) is 15.7. The number of amides is 1. The van der Waals surface area contributed by atoms with Crippen LogP contribution in [-0.4, -0.2) is 24.3 Å². The third-order valence-corrected chi connectivity index (χ3v) is 5.05. The Labute approximate surface area is 143 Å². The first-order valence-electron chi connectivity index (χ1n) is 7.67. The van der Waals surface area contributed by atoms with Crippen molar-refractivity contribution in [3.63, 3.8) is 0 Å². The lowest BCUT2D eigenvalue weighted by atomic mass is 10.1. The molecule has 0 radical (unpaired) electrons. The van der Waals surface area contributed by atoms with Crippen molar-refractivity contribution in [2.45, 2.75) is 30.1 Å². The minimum absolute atomic E-state index is 0.0435. The summed E-state index contributed by atoms with van der Waals surface area (Å²) in [5.74, 6) is -0.0947. The van der Waals surface area contributed by atoms with Crippen molar-refractivity contribution in [1.82, 2.24) is 0 Å². The molecule has 24 heavy (non-hydrogen) atoms. The summed E-state index contributed by atoms with van der Waals surface area (Å²) in [5, 5.41) is 0.422. The predicted octanol–water partition coefficient (Wildman–Crippen LogP) is 4.82. The molecule has 0 spiro atoms. The number of carbonyl (C=O) groups excluding carboxylic acids is 1. The Kier molecular flexibility index (Phi) is 5.04. The van der Waals surface area contributed by atoms with Gasteiger partial charge in [-0.1, -0.05) is 19.1 Å². The van der Waals surface area contributed by atoms with Crippen LogP contribution >= 0.6 is 11.8 Å². The molecule has 1 aliphatic rings. The Morgan fingerprint density at radius 1 is 1.21 bits per heavy atom. The average molecular weight is 349 g/mol. The van der Waals surface area contributed by atoms with E-state index in [0.717, 1.165) is 17.0 Å². The maximum Gasteiger partial charge on any atom is 0.387 e. The van der Waals surface area contributed by atoms with Crippen LogP contribution in [0.5, 0.6) is 5.75 Å². The van der Waals surface area contributed by atoms with Gasteiger partial charge in [0.25, 0.3) is 5.91 Å². The van der Waals surface area contributed by atoms with E-state index >= 15 is 0 Å². The Morgan fingerprint density at radius 3 is 2.62 bits per heavy atom. The fraction of sp³-hybridized carbons (Fsp3) is 0.278. The van der Waals surface area contributed by atoms with Gasteiger partial charge in [0.05, 0.1) is 5.69 Å². The number of hydrogen-bond donors (Lipinski definition) is 0. The second-order valence-corrected chi connectivity index (χ2v) is 7.02. The molecule has 0 aromatic heterocycles. The van der Waals surface area contributed by atoms with E-state index in [9.17, 15) is 13.6 Å². The summed E-state index contributed by atoms with van der Waals surface area (Å²) in [6.07, 6.45) is 0.887. The zero-order chi connectivity index (χ0) is 17.1. The Bertz CT molecular complexity index is 721. The first kappa shape index (κ1) is 16.8. The second-order valence-electron chi connectivity index (χ2n) is 5.54. The van der Waals surface area contributed by atoms with Gasteiger partial charge in [0, 0.05) is 22.3 Å². The number of para-hydroxylation sites is 1. The normalized spacial score (nSPS) is 17.3. The smallest absolute Gasteiger partial charge is 0.387 e. The van der Waals surface area contributed by atoms with Gasteiger partial charge in [0.1, 0.15) is 5.75 Å². The van der Waals surface area contributed by atoms with Gasteiger partial charge in [0.2, 0.25) is 0 Å². The molecule has 1 heterocycles. The Morgan fingerprint density at radius 2 is 1.92 bits per heavy atom. The van der Waals surface area contributed by atoms with Crippen molar-refractivity contribution >= 4 is 23.4 Å². The van der Waals surface area contributed by atoms with Gasteiger partial charge in [-0.25, -0.2) is 0 Å². The van der Waals surface area contributed by atoms with Gasteiger partial charge in [-0.15, -0.1) is 11.8 Å². The fourth-order valence-electron chi connectivity index (χ4n) is 2.63. The lowest BCUT2D eigenvalue weighted by Crippen LogP contribution is -2.32. The minimum Gasteiger partial charge on any atom is -0.435 e. The van der Waals surface area contributed by atoms with Gasteiger partial charge in [-0.2, -0.15) is 8.78 Å². The number of fused-ring (bicyclic) bond motifs is 1. The highest BCUT2D eigenvalue weighted by molar-refractivity contribution is 8.00. The Balaban J connectivity index is 1.86. The van der Waals surface area contributed by atoms with Gasteiger partial charge in [-0.3, -0.25) is 4.79 Å². The average Bonchev–Trinajstić information content (AvgIpc) is 2.72. The number of anilines is 1. The number of thioether (sulfide) groups is 1. The molecule has 6 heteroatoms. The van der Waals surface area contributed by atoms with Crippen LogP contribution in [0.2, 0.25) is 0 Å². The number of nitrogens with zero attached hydrogens (tertiary/aromatic N) is 1. The van der Waals surface area contributed by atoms with Crippen molar-refractivity contribution in [3.8, 4) is 5.75 Å². The molecular formula is C18H17F2NO2S. The standard InChI is InChI=1S/C18H17F2NO2S/c1-12-10-11-21(15-4-2-3-5-16(15)24-12)17(22)13-6-8-14(9-7-13)23-18(19)20/h2-9,12,18H,10-11H2,1H3/t12-/m0/s1.